The van der Waals surface area contributed by atoms with E-state index in [1.165, 1.54) is 22.3 Å². The van der Waals surface area contributed by atoms with Crippen molar-refractivity contribution >= 4 is 18.0 Å². The summed E-state index contributed by atoms with van der Waals surface area (Å²) < 4.78 is 5.59. The number of carboxylic acid groups (broad SMARTS) is 1. The Bertz CT molecular complexity index is 990. The number of ether oxygens (including phenoxy) is 1. The standard InChI is InChI=1S/C28H36N2O5/c1-18(2)20(12-13-26(31)30-19(3)16-27(32)33)14-15-29-28(34)35-17-25-23-10-6-4-8-21(23)22-9-5-7-11-24(22)25/h4-11,18-20,25H,12-17H2,1-3H3,(H,29,34)(H,30,31)(H,32,33)/t19-,20?/m1/s1. The number of hydrogen-bond acceptors (Lipinski definition) is 4. The number of rotatable bonds is 12. The third-order valence-corrected chi connectivity index (χ3v) is 6.70. The van der Waals surface area contributed by atoms with Crippen LogP contribution in [0, 0.1) is 11.8 Å². The average Bonchev–Trinajstić information content (AvgIpc) is 3.12. The maximum Gasteiger partial charge on any atom is 0.407 e. The number of carbonyl (C=O) groups excluding carboxylic acids is 2. The molecule has 0 aromatic heterocycles. The number of hydrogen-bond donors (Lipinski definition) is 3. The molecule has 3 rings (SSSR count). The molecule has 0 saturated heterocycles. The second-order valence-corrected chi connectivity index (χ2v) is 9.65. The molecule has 1 aliphatic carbocycles. The van der Waals surface area contributed by atoms with Gasteiger partial charge in [-0.25, -0.2) is 4.79 Å². The van der Waals surface area contributed by atoms with Crippen LogP contribution in [-0.2, 0) is 14.3 Å². The molecule has 3 N–H and O–H groups in total. The maximum atomic E-state index is 12.4. The Morgan fingerprint density at radius 1 is 0.943 bits per heavy atom. The zero-order chi connectivity index (χ0) is 25.4. The molecule has 1 unspecified atom stereocenters. The molecule has 2 aromatic rings. The third-order valence-electron chi connectivity index (χ3n) is 6.70. The van der Waals surface area contributed by atoms with E-state index in [9.17, 15) is 14.4 Å². The van der Waals surface area contributed by atoms with Crippen molar-refractivity contribution in [2.45, 2.75) is 58.4 Å². The zero-order valence-electron chi connectivity index (χ0n) is 20.8. The molecule has 1 aliphatic rings. The number of amides is 2. The fourth-order valence-electron chi connectivity index (χ4n) is 4.80. The van der Waals surface area contributed by atoms with Crippen LogP contribution in [0.25, 0.3) is 11.1 Å². The molecule has 0 bridgehead atoms. The lowest BCUT2D eigenvalue weighted by Gasteiger charge is -2.21. The lowest BCUT2D eigenvalue weighted by atomic mass is 9.88. The first-order chi connectivity index (χ1) is 16.8. The van der Waals surface area contributed by atoms with Gasteiger partial charge in [-0.1, -0.05) is 62.4 Å². The van der Waals surface area contributed by atoms with Crippen LogP contribution in [0.5, 0.6) is 0 Å². The van der Waals surface area contributed by atoms with E-state index in [4.69, 9.17) is 9.84 Å². The summed E-state index contributed by atoms with van der Waals surface area (Å²) in [5.74, 6) is -0.447. The lowest BCUT2D eigenvalue weighted by Crippen LogP contribution is -2.34. The summed E-state index contributed by atoms with van der Waals surface area (Å²) in [6, 6.07) is 16.1. The molecule has 0 fully saturated rings. The first-order valence-corrected chi connectivity index (χ1v) is 12.4. The fourth-order valence-corrected chi connectivity index (χ4v) is 4.80. The van der Waals surface area contributed by atoms with Crippen LogP contribution in [0.4, 0.5) is 4.79 Å². The molecule has 0 spiro atoms. The van der Waals surface area contributed by atoms with Crippen molar-refractivity contribution in [1.82, 2.24) is 10.6 Å². The van der Waals surface area contributed by atoms with E-state index >= 15 is 0 Å². The molecule has 0 heterocycles. The monoisotopic (exact) mass is 480 g/mol. The summed E-state index contributed by atoms with van der Waals surface area (Å²) >= 11 is 0. The van der Waals surface area contributed by atoms with Gasteiger partial charge < -0.3 is 20.5 Å². The Morgan fingerprint density at radius 3 is 2.11 bits per heavy atom. The Kier molecular flexibility index (Phi) is 9.29. The van der Waals surface area contributed by atoms with Crippen LogP contribution in [0.3, 0.4) is 0 Å². The van der Waals surface area contributed by atoms with Crippen molar-refractivity contribution < 1.29 is 24.2 Å². The van der Waals surface area contributed by atoms with E-state index < -0.39 is 18.1 Å². The summed E-state index contributed by atoms with van der Waals surface area (Å²) in [5, 5.41) is 14.4. The van der Waals surface area contributed by atoms with Crippen molar-refractivity contribution in [3.8, 4) is 11.1 Å². The van der Waals surface area contributed by atoms with Gasteiger partial charge in [0.2, 0.25) is 5.91 Å². The van der Waals surface area contributed by atoms with Crippen molar-refractivity contribution in [2.24, 2.45) is 11.8 Å². The minimum atomic E-state index is -0.933. The van der Waals surface area contributed by atoms with Crippen LogP contribution in [0.15, 0.2) is 48.5 Å². The Labute approximate surface area is 207 Å². The summed E-state index contributed by atoms with van der Waals surface area (Å²) in [6.45, 7) is 6.63. The molecule has 7 nitrogen and oxygen atoms in total. The Balaban J connectivity index is 1.43. The van der Waals surface area contributed by atoms with Crippen LogP contribution >= 0.6 is 0 Å². The molecular formula is C28H36N2O5. The third kappa shape index (κ3) is 7.31. The normalized spacial score (nSPS) is 14.1. The number of nitrogens with one attached hydrogen (secondary N) is 2. The number of alkyl carbamates (subject to hydrolysis) is 1. The number of carbonyl (C=O) groups is 3. The number of carboxylic acids is 1. The molecule has 0 aliphatic heterocycles. The molecule has 35 heavy (non-hydrogen) atoms. The van der Waals surface area contributed by atoms with Gasteiger partial charge in [0.25, 0.3) is 0 Å². The van der Waals surface area contributed by atoms with Gasteiger partial charge in [-0.3, -0.25) is 9.59 Å². The highest BCUT2D eigenvalue weighted by molar-refractivity contribution is 5.79. The predicted molar refractivity (Wildman–Crippen MR) is 135 cm³/mol. The molecule has 0 radical (unpaired) electrons. The van der Waals surface area contributed by atoms with Crippen molar-refractivity contribution in [3.63, 3.8) is 0 Å². The summed E-state index contributed by atoms with van der Waals surface area (Å²) in [5.41, 5.74) is 4.74. The SMILES string of the molecule is CC(C)C(CCNC(=O)OCC1c2ccccc2-c2ccccc21)CCC(=O)N[C@H](C)CC(=O)O. The Morgan fingerprint density at radius 2 is 1.54 bits per heavy atom. The first kappa shape index (κ1) is 26.3. The highest BCUT2D eigenvalue weighted by Crippen LogP contribution is 2.44. The highest BCUT2D eigenvalue weighted by atomic mass is 16.5. The smallest absolute Gasteiger partial charge is 0.407 e. The second-order valence-electron chi connectivity index (χ2n) is 9.65. The van der Waals surface area contributed by atoms with E-state index in [0.717, 1.165) is 6.42 Å². The zero-order valence-corrected chi connectivity index (χ0v) is 20.8. The van der Waals surface area contributed by atoms with Crippen molar-refractivity contribution in [2.75, 3.05) is 13.2 Å². The first-order valence-electron chi connectivity index (χ1n) is 12.4. The van der Waals surface area contributed by atoms with Gasteiger partial charge in [0, 0.05) is 24.9 Å². The van der Waals surface area contributed by atoms with Gasteiger partial charge in [-0.2, -0.15) is 0 Å². The number of aliphatic carboxylic acids is 1. The molecule has 0 saturated carbocycles. The predicted octanol–water partition coefficient (Wildman–Crippen LogP) is 4.95. The molecule has 188 valence electrons. The second kappa shape index (κ2) is 12.4. The molecule has 2 atom stereocenters. The van der Waals surface area contributed by atoms with Crippen LogP contribution in [-0.4, -0.2) is 42.3 Å². The number of benzene rings is 2. The van der Waals surface area contributed by atoms with Gasteiger partial charge in [0.15, 0.2) is 0 Å². The number of fused-ring (bicyclic) bond motifs is 3. The summed E-state index contributed by atoms with van der Waals surface area (Å²) in [7, 11) is 0. The lowest BCUT2D eigenvalue weighted by molar-refractivity contribution is -0.137. The summed E-state index contributed by atoms with van der Waals surface area (Å²) in [4.78, 5) is 35.3. The van der Waals surface area contributed by atoms with E-state index in [0.29, 0.717) is 25.3 Å². The quantitative estimate of drug-likeness (QED) is 0.399. The largest absolute Gasteiger partial charge is 0.481 e. The van der Waals surface area contributed by atoms with E-state index in [-0.39, 0.29) is 30.8 Å². The van der Waals surface area contributed by atoms with Crippen molar-refractivity contribution in [1.29, 1.82) is 0 Å². The van der Waals surface area contributed by atoms with E-state index in [1.54, 1.807) is 6.92 Å². The van der Waals surface area contributed by atoms with Crippen LogP contribution < -0.4 is 10.6 Å². The van der Waals surface area contributed by atoms with Gasteiger partial charge in [0.05, 0.1) is 6.42 Å². The van der Waals surface area contributed by atoms with Gasteiger partial charge in [-0.05, 0) is 53.9 Å². The average molecular weight is 481 g/mol. The highest BCUT2D eigenvalue weighted by Gasteiger charge is 2.29. The summed E-state index contributed by atoms with van der Waals surface area (Å²) in [6.07, 6.45) is 1.21. The molecule has 2 amide bonds. The topological polar surface area (TPSA) is 105 Å². The maximum absolute atomic E-state index is 12.4. The molecule has 7 heteroatoms. The Hall–Kier alpha value is -3.35. The van der Waals surface area contributed by atoms with Gasteiger partial charge in [-0.15, -0.1) is 0 Å². The van der Waals surface area contributed by atoms with E-state index in [1.807, 2.05) is 24.3 Å². The van der Waals surface area contributed by atoms with E-state index in [2.05, 4.69) is 48.7 Å². The van der Waals surface area contributed by atoms with Gasteiger partial charge >= 0.3 is 12.1 Å². The minimum Gasteiger partial charge on any atom is -0.481 e. The minimum absolute atomic E-state index is 0.0265. The van der Waals surface area contributed by atoms with Crippen LogP contribution in [0.2, 0.25) is 0 Å². The fraction of sp³-hybridized carbons (Fsp3) is 0.464. The van der Waals surface area contributed by atoms with Gasteiger partial charge in [0.1, 0.15) is 6.61 Å². The van der Waals surface area contributed by atoms with Crippen molar-refractivity contribution in [3.05, 3.63) is 59.7 Å². The molecular weight excluding hydrogens is 444 g/mol. The van der Waals surface area contributed by atoms with Crippen LogP contribution in [0.1, 0.15) is 63.5 Å². The molecule has 2 aromatic carbocycles.